The summed E-state index contributed by atoms with van der Waals surface area (Å²) in [5, 5.41) is 15.0. The summed E-state index contributed by atoms with van der Waals surface area (Å²) in [4.78, 5) is 16.7. The van der Waals surface area contributed by atoms with Crippen LogP contribution in [0.3, 0.4) is 0 Å². The summed E-state index contributed by atoms with van der Waals surface area (Å²) in [6.45, 7) is 21.4. The van der Waals surface area contributed by atoms with Crippen molar-refractivity contribution in [2.75, 3.05) is 105 Å². The average molecular weight is 874 g/mol. The van der Waals surface area contributed by atoms with Crippen LogP contribution in [0.15, 0.2) is 36.4 Å². The normalized spacial score (nSPS) is 26.0. The molecule has 2 fully saturated rings. The quantitative estimate of drug-likeness (QED) is 0.135. The molecule has 8 bridgehead atoms. The van der Waals surface area contributed by atoms with E-state index in [1.807, 2.05) is 0 Å². The van der Waals surface area contributed by atoms with Crippen molar-refractivity contribution in [3.05, 3.63) is 59.2 Å². The summed E-state index contributed by atoms with van der Waals surface area (Å²) in [6.07, 6.45) is 0. The molecule has 0 aliphatic carbocycles. The Kier molecular flexibility index (Phi) is 23.0. The van der Waals surface area contributed by atoms with E-state index in [0.29, 0.717) is 0 Å². The standard InChI is InChI=1S/C30H50N10.4BrH/c1-3-27-23-37-15-7-31-11-19-39(20-12-32-8-16-37)25-29-5-2-6-30(36-29)26-40-21-13-33-9-17-38(18-10-34-14-22-40)24-28(4-1)35-27;;;;/h1-6,31-34H,7-26H2;4*1H. The molecule has 0 unspecified atom stereocenters. The fourth-order valence-electron chi connectivity index (χ4n) is 6.31. The van der Waals surface area contributed by atoms with Gasteiger partial charge in [0.05, 0.1) is 75.1 Å². The minimum absolute atomic E-state index is 0. The van der Waals surface area contributed by atoms with Crippen LogP contribution in [-0.4, -0.2) is 115 Å². The molecule has 6 aliphatic rings. The predicted octanol–water partition coefficient (Wildman–Crippen LogP) is -17.9. The monoisotopic (exact) mass is 870 g/mol. The van der Waals surface area contributed by atoms with Gasteiger partial charge in [-0.15, -0.1) is 0 Å². The fraction of sp³-hybridized carbons (Fsp3) is 0.667. The van der Waals surface area contributed by atoms with Crippen LogP contribution in [0, 0.1) is 0 Å². The lowest BCUT2D eigenvalue weighted by atomic mass is 10.2. The Morgan fingerprint density at radius 1 is 0.364 bits per heavy atom. The molecule has 8 heterocycles. The zero-order chi connectivity index (χ0) is 27.2. The first-order chi connectivity index (χ1) is 19.8. The molecule has 0 radical (unpaired) electrons. The molecule has 6 aliphatic heterocycles. The topological polar surface area (TPSA) is 91.7 Å². The van der Waals surface area contributed by atoms with Crippen LogP contribution in [0.1, 0.15) is 22.8 Å². The molecule has 0 atom stereocenters. The van der Waals surface area contributed by atoms with E-state index in [-0.39, 0.29) is 67.9 Å². The minimum Gasteiger partial charge on any atom is -1.00 e. The van der Waals surface area contributed by atoms with Gasteiger partial charge in [0.15, 0.2) is 0 Å². The van der Waals surface area contributed by atoms with Gasteiger partial charge < -0.3 is 109 Å². The lowest BCUT2D eigenvalue weighted by Gasteiger charge is -2.25. The van der Waals surface area contributed by atoms with Gasteiger partial charge in [-0.2, -0.15) is 0 Å². The molecule has 252 valence electrons. The minimum atomic E-state index is 0. The zero-order valence-electron chi connectivity index (χ0n) is 26.0. The summed E-state index contributed by atoms with van der Waals surface area (Å²) in [5.41, 5.74) is 4.92. The number of aromatic nitrogens is 2. The molecule has 0 amide bonds. The van der Waals surface area contributed by atoms with Gasteiger partial charge in [0.2, 0.25) is 0 Å². The molecule has 0 aromatic carbocycles. The number of halogens is 4. The highest BCUT2D eigenvalue weighted by molar-refractivity contribution is 5.10. The Balaban J connectivity index is 0.00000242. The van der Waals surface area contributed by atoms with Crippen molar-refractivity contribution < 1.29 is 87.5 Å². The molecule has 14 heteroatoms. The van der Waals surface area contributed by atoms with Gasteiger partial charge in [0, 0.05) is 52.4 Å². The highest BCUT2D eigenvalue weighted by Crippen LogP contribution is 1.98. The summed E-state index contributed by atoms with van der Waals surface area (Å²) in [5.74, 6) is 0. The summed E-state index contributed by atoms with van der Waals surface area (Å²) in [6, 6.07) is 13.4. The Hall–Kier alpha value is -0.1000. The van der Waals surface area contributed by atoms with Crippen LogP contribution >= 0.6 is 0 Å². The van der Waals surface area contributed by atoms with E-state index in [1.165, 1.54) is 22.8 Å². The average Bonchev–Trinajstić information content (AvgIpc) is 2.94. The fourth-order valence-corrected chi connectivity index (χ4v) is 6.31. The second kappa shape index (κ2) is 24.1. The van der Waals surface area contributed by atoms with Gasteiger partial charge >= 0.3 is 0 Å². The van der Waals surface area contributed by atoms with Crippen LogP contribution in [0.5, 0.6) is 0 Å². The second-order valence-electron chi connectivity index (χ2n) is 11.9. The first-order valence-electron chi connectivity index (χ1n) is 15.9. The van der Waals surface area contributed by atoms with Gasteiger partial charge in [-0.3, -0.25) is 0 Å². The maximum atomic E-state index is 5.15. The smallest absolute Gasteiger partial charge is 0.120 e. The van der Waals surface area contributed by atoms with Gasteiger partial charge in [0.1, 0.15) is 26.2 Å². The van der Waals surface area contributed by atoms with Gasteiger partial charge in [-0.25, -0.2) is 9.97 Å². The highest BCUT2D eigenvalue weighted by Gasteiger charge is 2.18. The number of rotatable bonds is 0. The van der Waals surface area contributed by atoms with Crippen molar-refractivity contribution in [3.63, 3.8) is 0 Å². The van der Waals surface area contributed by atoms with E-state index in [4.69, 9.17) is 9.97 Å². The third kappa shape index (κ3) is 15.2. The van der Waals surface area contributed by atoms with Crippen LogP contribution < -0.4 is 109 Å². The summed E-state index contributed by atoms with van der Waals surface area (Å²) >= 11 is 0. The summed E-state index contributed by atoms with van der Waals surface area (Å²) < 4.78 is 0. The van der Waals surface area contributed by atoms with Crippen LogP contribution in [0.25, 0.3) is 0 Å². The van der Waals surface area contributed by atoms with Crippen molar-refractivity contribution >= 4 is 0 Å². The molecular weight excluding hydrogens is 820 g/mol. The Morgan fingerprint density at radius 2 is 0.568 bits per heavy atom. The van der Waals surface area contributed by atoms with Crippen molar-refractivity contribution in [2.45, 2.75) is 26.2 Å². The number of hydrogen-bond acceptors (Lipinski definition) is 6. The third-order valence-corrected chi connectivity index (χ3v) is 8.70. The Labute approximate surface area is 306 Å². The van der Waals surface area contributed by atoms with E-state index in [9.17, 15) is 0 Å². The molecule has 2 aromatic rings. The maximum Gasteiger partial charge on any atom is 0.120 e. The number of nitrogens with zero attached hydrogens (tertiary/aromatic N) is 2. The van der Waals surface area contributed by atoms with E-state index in [2.05, 4.69) is 57.7 Å². The zero-order valence-corrected chi connectivity index (χ0v) is 32.4. The van der Waals surface area contributed by atoms with E-state index < -0.39 is 0 Å². The molecule has 10 nitrogen and oxygen atoms in total. The molecule has 44 heavy (non-hydrogen) atoms. The Morgan fingerprint density at radius 3 is 0.773 bits per heavy atom. The van der Waals surface area contributed by atoms with E-state index >= 15 is 0 Å². The van der Waals surface area contributed by atoms with Gasteiger partial charge in [0.25, 0.3) is 0 Å². The largest absolute Gasteiger partial charge is 1.00 e. The summed E-state index contributed by atoms with van der Waals surface area (Å²) in [7, 11) is 0. The predicted molar refractivity (Wildman–Crippen MR) is 158 cm³/mol. The number of quaternary nitrogens is 4. The number of hydrogen-bond donors (Lipinski definition) is 8. The molecule has 0 saturated carbocycles. The maximum absolute atomic E-state index is 5.15. The molecular formula is C30H54Br4N10. The SMILES string of the molecule is [Br-].[Br-].[Br-].[Br-].c1cc2nc(c1)C[NH+]1CCNCC[NH+](CCNCC1)Cc1cccc(n1)C[NH+]1CCNCC[NH+](CCNCC1)C2. The van der Waals surface area contributed by atoms with Crippen molar-refractivity contribution in [1.82, 2.24) is 31.2 Å². The lowest BCUT2D eigenvalue weighted by molar-refractivity contribution is -0.916. The third-order valence-electron chi connectivity index (χ3n) is 8.70. The first-order valence-corrected chi connectivity index (χ1v) is 15.9. The highest BCUT2D eigenvalue weighted by atomic mass is 79.9. The van der Waals surface area contributed by atoms with Gasteiger partial charge in [-0.05, 0) is 24.3 Å². The molecule has 8 rings (SSSR count). The second-order valence-corrected chi connectivity index (χ2v) is 11.9. The van der Waals surface area contributed by atoms with E-state index in [1.54, 1.807) is 19.6 Å². The van der Waals surface area contributed by atoms with Crippen LogP contribution in [0.4, 0.5) is 0 Å². The molecule has 2 aromatic heterocycles. The molecule has 2 saturated heterocycles. The van der Waals surface area contributed by atoms with Crippen LogP contribution in [0.2, 0.25) is 0 Å². The lowest BCUT2D eigenvalue weighted by Crippen LogP contribution is -3.13. The Bertz CT molecular complexity index is 849. The molecule has 0 spiro atoms. The van der Waals surface area contributed by atoms with Crippen molar-refractivity contribution in [1.29, 1.82) is 0 Å². The number of nitrogens with one attached hydrogen (secondary N) is 8. The van der Waals surface area contributed by atoms with Gasteiger partial charge in [-0.1, -0.05) is 12.1 Å². The molecule has 8 N–H and O–H groups in total. The van der Waals surface area contributed by atoms with E-state index in [0.717, 1.165) is 131 Å². The van der Waals surface area contributed by atoms with Crippen LogP contribution in [-0.2, 0) is 26.2 Å². The number of pyridine rings is 2. The van der Waals surface area contributed by atoms with Crippen molar-refractivity contribution in [2.24, 2.45) is 0 Å². The first kappa shape index (κ1) is 41.9. The van der Waals surface area contributed by atoms with Crippen molar-refractivity contribution in [3.8, 4) is 0 Å².